The van der Waals surface area contributed by atoms with Crippen molar-refractivity contribution < 1.29 is 14.7 Å². The van der Waals surface area contributed by atoms with Crippen molar-refractivity contribution in [1.29, 1.82) is 0 Å². The second-order valence-electron chi connectivity index (χ2n) is 4.07. The van der Waals surface area contributed by atoms with Gasteiger partial charge in [-0.1, -0.05) is 18.2 Å². The maximum Gasteiger partial charge on any atom is 0.336 e. The number of pyridine rings is 1. The summed E-state index contributed by atoms with van der Waals surface area (Å²) < 4.78 is 0. The van der Waals surface area contributed by atoms with Crippen LogP contribution in [0.15, 0.2) is 36.5 Å². The molecular weight excluding hydrogens is 244 g/mol. The van der Waals surface area contributed by atoms with Gasteiger partial charge in [-0.15, -0.1) is 0 Å². The van der Waals surface area contributed by atoms with Crippen molar-refractivity contribution in [3.63, 3.8) is 0 Å². The van der Waals surface area contributed by atoms with Gasteiger partial charge in [-0.05, 0) is 24.6 Å². The Labute approximate surface area is 109 Å². The molecule has 1 amide bonds. The number of carbonyl (C=O) groups is 2. The second kappa shape index (κ2) is 4.89. The Bertz CT molecular complexity index is 665. The number of primary amides is 1. The highest BCUT2D eigenvalue weighted by Gasteiger charge is 2.20. The Morgan fingerprint density at radius 1 is 1.21 bits per heavy atom. The topological polar surface area (TPSA) is 93.3 Å². The maximum atomic E-state index is 11.6. The molecular formula is C14H12N2O3. The summed E-state index contributed by atoms with van der Waals surface area (Å²) >= 11 is 0. The molecule has 0 unspecified atom stereocenters. The highest BCUT2D eigenvalue weighted by Crippen LogP contribution is 2.26. The molecule has 0 aliphatic carbocycles. The number of aromatic nitrogens is 1. The number of nitrogens with two attached hydrogens (primary N) is 1. The van der Waals surface area contributed by atoms with Gasteiger partial charge in [-0.25, -0.2) is 4.79 Å². The molecule has 1 heterocycles. The van der Waals surface area contributed by atoms with Crippen LogP contribution in [0.5, 0.6) is 0 Å². The molecule has 2 aromatic rings. The summed E-state index contributed by atoms with van der Waals surface area (Å²) in [5, 5.41) is 9.13. The molecule has 0 saturated carbocycles. The van der Waals surface area contributed by atoms with E-state index in [1.54, 1.807) is 24.4 Å². The van der Waals surface area contributed by atoms with E-state index in [0.717, 1.165) is 5.56 Å². The first-order chi connectivity index (χ1) is 9.02. The van der Waals surface area contributed by atoms with Gasteiger partial charge >= 0.3 is 5.97 Å². The summed E-state index contributed by atoms with van der Waals surface area (Å²) in [5.74, 6) is -1.97. The summed E-state index contributed by atoms with van der Waals surface area (Å²) in [6, 6.07) is 8.16. The van der Waals surface area contributed by atoms with E-state index in [2.05, 4.69) is 4.98 Å². The van der Waals surface area contributed by atoms with Crippen molar-refractivity contribution in [2.75, 3.05) is 0 Å². The Morgan fingerprint density at radius 2 is 1.95 bits per heavy atom. The molecule has 96 valence electrons. The van der Waals surface area contributed by atoms with E-state index in [1.807, 2.05) is 13.0 Å². The van der Waals surface area contributed by atoms with Gasteiger partial charge in [0.05, 0.1) is 16.8 Å². The number of aryl methyl sites for hydroxylation is 1. The minimum absolute atomic E-state index is 0.0169. The summed E-state index contributed by atoms with van der Waals surface area (Å²) in [6.07, 6.45) is 1.58. The zero-order valence-corrected chi connectivity index (χ0v) is 10.3. The Hall–Kier alpha value is -2.69. The Balaban J connectivity index is 2.78. The standard InChI is InChI=1S/C14H12N2O3/c1-8-4-3-7-16-12(8)9-5-2-6-10(14(18)19)11(9)13(15)17/h2-7H,1H3,(H2,15,17)(H,18,19). The van der Waals surface area contributed by atoms with Crippen LogP contribution < -0.4 is 5.73 Å². The molecule has 0 radical (unpaired) electrons. The Morgan fingerprint density at radius 3 is 2.53 bits per heavy atom. The summed E-state index contributed by atoms with van der Waals surface area (Å²) in [4.78, 5) is 26.9. The number of nitrogens with zero attached hydrogens (tertiary/aromatic N) is 1. The van der Waals surface area contributed by atoms with E-state index in [4.69, 9.17) is 10.8 Å². The fraction of sp³-hybridized carbons (Fsp3) is 0.0714. The molecule has 2 rings (SSSR count). The molecule has 5 nitrogen and oxygen atoms in total. The molecule has 0 atom stereocenters. The van der Waals surface area contributed by atoms with Gasteiger partial charge in [0, 0.05) is 11.8 Å². The summed E-state index contributed by atoms with van der Waals surface area (Å²) in [6.45, 7) is 1.83. The van der Waals surface area contributed by atoms with E-state index in [0.29, 0.717) is 11.3 Å². The van der Waals surface area contributed by atoms with E-state index in [9.17, 15) is 9.59 Å². The van der Waals surface area contributed by atoms with Gasteiger partial charge in [-0.2, -0.15) is 0 Å². The lowest BCUT2D eigenvalue weighted by Crippen LogP contribution is -2.18. The molecule has 0 aliphatic heterocycles. The van der Waals surface area contributed by atoms with Gasteiger partial charge in [0.25, 0.3) is 0 Å². The summed E-state index contributed by atoms with van der Waals surface area (Å²) in [5.41, 5.74) is 7.01. The van der Waals surface area contributed by atoms with Gasteiger partial charge < -0.3 is 10.8 Å². The number of amides is 1. The molecule has 0 bridgehead atoms. The predicted molar refractivity (Wildman–Crippen MR) is 69.9 cm³/mol. The normalized spacial score (nSPS) is 10.2. The number of carbonyl (C=O) groups excluding carboxylic acids is 1. The third-order valence-corrected chi connectivity index (χ3v) is 2.81. The zero-order chi connectivity index (χ0) is 14.0. The van der Waals surface area contributed by atoms with Gasteiger partial charge in [0.2, 0.25) is 5.91 Å². The highest BCUT2D eigenvalue weighted by molar-refractivity contribution is 6.08. The third kappa shape index (κ3) is 2.30. The van der Waals surface area contributed by atoms with Crippen LogP contribution in [-0.2, 0) is 0 Å². The minimum Gasteiger partial charge on any atom is -0.478 e. The average molecular weight is 256 g/mol. The third-order valence-electron chi connectivity index (χ3n) is 2.81. The van der Waals surface area contributed by atoms with E-state index >= 15 is 0 Å². The number of carboxylic acid groups (broad SMARTS) is 1. The molecule has 0 fully saturated rings. The van der Waals surface area contributed by atoms with Crippen LogP contribution >= 0.6 is 0 Å². The summed E-state index contributed by atoms with van der Waals surface area (Å²) in [7, 11) is 0. The van der Waals surface area contributed by atoms with Crippen LogP contribution in [0.1, 0.15) is 26.3 Å². The molecule has 19 heavy (non-hydrogen) atoms. The first kappa shape index (κ1) is 12.8. The number of rotatable bonds is 3. The lowest BCUT2D eigenvalue weighted by atomic mass is 9.96. The quantitative estimate of drug-likeness (QED) is 0.876. The number of carboxylic acids is 1. The molecule has 0 spiro atoms. The molecule has 0 aliphatic rings. The number of hydrogen-bond acceptors (Lipinski definition) is 3. The van der Waals surface area contributed by atoms with Gasteiger partial charge in [0.1, 0.15) is 0 Å². The van der Waals surface area contributed by atoms with Crippen molar-refractivity contribution >= 4 is 11.9 Å². The van der Waals surface area contributed by atoms with Crippen LogP contribution in [0.4, 0.5) is 0 Å². The number of benzene rings is 1. The largest absolute Gasteiger partial charge is 0.478 e. The van der Waals surface area contributed by atoms with Crippen molar-refractivity contribution in [2.45, 2.75) is 6.92 Å². The van der Waals surface area contributed by atoms with Crippen molar-refractivity contribution in [3.8, 4) is 11.3 Å². The number of hydrogen-bond donors (Lipinski definition) is 2. The lowest BCUT2D eigenvalue weighted by Gasteiger charge is -2.11. The molecule has 5 heteroatoms. The van der Waals surface area contributed by atoms with Crippen molar-refractivity contribution in [1.82, 2.24) is 4.98 Å². The van der Waals surface area contributed by atoms with Crippen molar-refractivity contribution in [3.05, 3.63) is 53.2 Å². The monoisotopic (exact) mass is 256 g/mol. The highest BCUT2D eigenvalue weighted by atomic mass is 16.4. The molecule has 3 N–H and O–H groups in total. The van der Waals surface area contributed by atoms with Crippen LogP contribution in [0.3, 0.4) is 0 Å². The van der Waals surface area contributed by atoms with Crippen LogP contribution in [0.25, 0.3) is 11.3 Å². The maximum absolute atomic E-state index is 11.6. The zero-order valence-electron chi connectivity index (χ0n) is 10.3. The fourth-order valence-corrected chi connectivity index (χ4v) is 1.96. The fourth-order valence-electron chi connectivity index (χ4n) is 1.96. The van der Waals surface area contributed by atoms with Crippen LogP contribution in [0, 0.1) is 6.92 Å². The molecule has 1 aromatic heterocycles. The van der Waals surface area contributed by atoms with Crippen LogP contribution in [-0.4, -0.2) is 22.0 Å². The van der Waals surface area contributed by atoms with Gasteiger partial charge in [0.15, 0.2) is 0 Å². The average Bonchev–Trinajstić information content (AvgIpc) is 2.38. The number of aromatic carboxylic acids is 1. The van der Waals surface area contributed by atoms with Crippen LogP contribution in [0.2, 0.25) is 0 Å². The Kier molecular flexibility index (Phi) is 3.29. The van der Waals surface area contributed by atoms with E-state index in [1.165, 1.54) is 6.07 Å². The molecule has 1 aromatic carbocycles. The SMILES string of the molecule is Cc1cccnc1-c1cccc(C(=O)O)c1C(N)=O. The smallest absolute Gasteiger partial charge is 0.336 e. The molecule has 0 saturated heterocycles. The van der Waals surface area contributed by atoms with Crippen molar-refractivity contribution in [2.24, 2.45) is 5.73 Å². The minimum atomic E-state index is -1.19. The van der Waals surface area contributed by atoms with E-state index in [-0.39, 0.29) is 11.1 Å². The van der Waals surface area contributed by atoms with E-state index < -0.39 is 11.9 Å². The first-order valence-corrected chi connectivity index (χ1v) is 5.60. The second-order valence-corrected chi connectivity index (χ2v) is 4.07. The predicted octanol–water partition coefficient (Wildman–Crippen LogP) is 1.85. The lowest BCUT2D eigenvalue weighted by molar-refractivity contribution is 0.0692. The first-order valence-electron chi connectivity index (χ1n) is 5.60. The van der Waals surface area contributed by atoms with Gasteiger partial charge in [-0.3, -0.25) is 9.78 Å².